The molecule has 2 nitrogen and oxygen atoms in total. The molecule has 0 saturated heterocycles. The van der Waals surface area contributed by atoms with Crippen molar-refractivity contribution in [2.24, 2.45) is 0 Å². The van der Waals surface area contributed by atoms with Gasteiger partial charge in [-0.2, -0.15) is 0 Å². The van der Waals surface area contributed by atoms with E-state index in [4.69, 9.17) is 11.6 Å². The molecular weight excluding hydrogens is 319 g/mol. The normalized spacial score (nSPS) is 10.6. The first-order valence-corrected chi connectivity index (χ1v) is 8.05. The van der Waals surface area contributed by atoms with E-state index in [1.807, 2.05) is 42.5 Å². The van der Waals surface area contributed by atoms with Crippen molar-refractivity contribution in [3.05, 3.63) is 77.1 Å². The highest BCUT2D eigenvalue weighted by Gasteiger charge is 2.08. The lowest BCUT2D eigenvalue weighted by atomic mass is 10.1. The zero-order valence-corrected chi connectivity index (χ0v) is 13.1. The highest BCUT2D eigenvalue weighted by atomic mass is 35.5. The second-order valence-electron chi connectivity index (χ2n) is 4.61. The lowest BCUT2D eigenvalue weighted by Gasteiger charge is -2.05. The van der Waals surface area contributed by atoms with Gasteiger partial charge in [-0.1, -0.05) is 59.8 Å². The van der Waals surface area contributed by atoms with Gasteiger partial charge in [0.25, 0.3) is 0 Å². The van der Waals surface area contributed by atoms with E-state index in [1.165, 1.54) is 17.8 Å². The van der Waals surface area contributed by atoms with E-state index in [-0.39, 0.29) is 5.82 Å². The van der Waals surface area contributed by atoms with Crippen LogP contribution in [0.15, 0.2) is 65.7 Å². The minimum absolute atomic E-state index is 0.297. The van der Waals surface area contributed by atoms with Crippen LogP contribution in [0.2, 0.25) is 5.02 Å². The third kappa shape index (κ3) is 3.46. The first kappa shape index (κ1) is 15.0. The first-order chi connectivity index (χ1) is 10.7. The molecule has 110 valence electrons. The molecule has 0 aliphatic rings. The van der Waals surface area contributed by atoms with Crippen LogP contribution in [-0.4, -0.2) is 10.2 Å². The third-order valence-electron chi connectivity index (χ3n) is 3.14. The van der Waals surface area contributed by atoms with Crippen LogP contribution in [0.5, 0.6) is 0 Å². The van der Waals surface area contributed by atoms with Crippen molar-refractivity contribution < 1.29 is 4.39 Å². The number of halogens is 2. The fourth-order valence-electron chi connectivity index (χ4n) is 1.98. The molecular formula is C17H12ClFN2S. The summed E-state index contributed by atoms with van der Waals surface area (Å²) in [5, 5.41) is 9.55. The Morgan fingerprint density at radius 2 is 1.73 bits per heavy atom. The Morgan fingerprint density at radius 1 is 0.909 bits per heavy atom. The zero-order valence-electron chi connectivity index (χ0n) is 11.5. The zero-order chi connectivity index (χ0) is 15.4. The fraction of sp³-hybridized carbons (Fsp3) is 0.0588. The van der Waals surface area contributed by atoms with Gasteiger partial charge in [0.1, 0.15) is 10.8 Å². The lowest BCUT2D eigenvalue weighted by molar-refractivity contribution is 0.617. The van der Waals surface area contributed by atoms with E-state index < -0.39 is 0 Å². The number of hydrogen-bond acceptors (Lipinski definition) is 3. The molecule has 0 bridgehead atoms. The quantitative estimate of drug-likeness (QED) is 0.613. The van der Waals surface area contributed by atoms with Crippen molar-refractivity contribution >= 4 is 23.4 Å². The van der Waals surface area contributed by atoms with Gasteiger partial charge in [-0.15, -0.1) is 10.2 Å². The molecule has 3 aromatic rings. The molecule has 3 rings (SSSR count). The van der Waals surface area contributed by atoms with Crippen molar-refractivity contribution in [1.29, 1.82) is 0 Å². The van der Waals surface area contributed by atoms with Gasteiger partial charge in [0.15, 0.2) is 0 Å². The van der Waals surface area contributed by atoms with Crippen molar-refractivity contribution in [2.75, 3.05) is 0 Å². The summed E-state index contributed by atoms with van der Waals surface area (Å²) in [6.07, 6.45) is 0. The molecule has 1 heterocycles. The van der Waals surface area contributed by atoms with Crippen LogP contribution >= 0.6 is 23.4 Å². The predicted molar refractivity (Wildman–Crippen MR) is 88.4 cm³/mol. The smallest absolute Gasteiger partial charge is 0.128 e. The number of aromatic nitrogens is 2. The molecule has 1 aromatic heterocycles. The Balaban J connectivity index is 1.72. The van der Waals surface area contributed by atoms with Crippen LogP contribution in [0.25, 0.3) is 11.3 Å². The van der Waals surface area contributed by atoms with E-state index in [1.54, 1.807) is 12.1 Å². The van der Waals surface area contributed by atoms with Gasteiger partial charge in [0, 0.05) is 21.9 Å². The van der Waals surface area contributed by atoms with E-state index >= 15 is 0 Å². The second-order valence-corrected chi connectivity index (χ2v) is 6.01. The number of benzene rings is 2. The summed E-state index contributed by atoms with van der Waals surface area (Å²) in [6.45, 7) is 0. The number of nitrogens with zero attached hydrogens (tertiary/aromatic N) is 2. The van der Waals surface area contributed by atoms with Crippen LogP contribution in [0, 0.1) is 5.82 Å². The van der Waals surface area contributed by atoms with Gasteiger partial charge in [-0.3, -0.25) is 0 Å². The highest BCUT2D eigenvalue weighted by Crippen LogP contribution is 2.27. The highest BCUT2D eigenvalue weighted by molar-refractivity contribution is 7.98. The Kier molecular flexibility index (Phi) is 4.71. The topological polar surface area (TPSA) is 25.8 Å². The van der Waals surface area contributed by atoms with E-state index in [2.05, 4.69) is 10.2 Å². The van der Waals surface area contributed by atoms with Gasteiger partial charge in [-0.05, 0) is 24.3 Å². The van der Waals surface area contributed by atoms with Crippen LogP contribution in [0.4, 0.5) is 4.39 Å². The molecule has 0 N–H and O–H groups in total. The minimum Gasteiger partial charge on any atom is -0.207 e. The van der Waals surface area contributed by atoms with Gasteiger partial charge in [0.2, 0.25) is 0 Å². The molecule has 0 aliphatic carbocycles. The van der Waals surface area contributed by atoms with Gasteiger partial charge < -0.3 is 0 Å². The molecule has 0 fully saturated rings. The molecule has 5 heteroatoms. The van der Waals surface area contributed by atoms with Crippen molar-refractivity contribution in [2.45, 2.75) is 10.8 Å². The first-order valence-electron chi connectivity index (χ1n) is 6.69. The summed E-state index contributed by atoms with van der Waals surface area (Å²) >= 11 is 7.42. The number of thioether (sulfide) groups is 1. The summed E-state index contributed by atoms with van der Waals surface area (Å²) in [7, 11) is 0. The van der Waals surface area contributed by atoms with Crippen LogP contribution < -0.4 is 0 Å². The van der Waals surface area contributed by atoms with E-state index in [0.29, 0.717) is 16.3 Å². The maximum atomic E-state index is 13.7. The van der Waals surface area contributed by atoms with Gasteiger partial charge >= 0.3 is 0 Å². The molecule has 0 amide bonds. The summed E-state index contributed by atoms with van der Waals surface area (Å²) in [5.41, 5.74) is 2.32. The Morgan fingerprint density at radius 3 is 2.41 bits per heavy atom. The molecule has 0 atom stereocenters. The molecule has 2 aromatic carbocycles. The predicted octanol–water partition coefficient (Wildman–Crippen LogP) is 5.23. The Labute approximate surface area is 137 Å². The molecule has 0 saturated carbocycles. The van der Waals surface area contributed by atoms with Crippen LogP contribution in [0.3, 0.4) is 0 Å². The Bertz CT molecular complexity index is 743. The maximum Gasteiger partial charge on any atom is 0.128 e. The summed E-state index contributed by atoms with van der Waals surface area (Å²) < 4.78 is 13.7. The second kappa shape index (κ2) is 6.90. The summed E-state index contributed by atoms with van der Waals surface area (Å²) in [6, 6.07) is 18.3. The monoisotopic (exact) mass is 330 g/mol. The van der Waals surface area contributed by atoms with Crippen molar-refractivity contribution in [3.63, 3.8) is 0 Å². The van der Waals surface area contributed by atoms with Crippen LogP contribution in [-0.2, 0) is 5.75 Å². The van der Waals surface area contributed by atoms with Crippen LogP contribution in [0.1, 0.15) is 5.56 Å². The Hall–Kier alpha value is -1.91. The molecule has 0 radical (unpaired) electrons. The average molecular weight is 331 g/mol. The summed E-state index contributed by atoms with van der Waals surface area (Å²) in [5.74, 6) is 0.124. The lowest BCUT2D eigenvalue weighted by Crippen LogP contribution is -1.92. The van der Waals surface area contributed by atoms with Gasteiger partial charge in [-0.25, -0.2) is 4.39 Å². The largest absolute Gasteiger partial charge is 0.207 e. The molecule has 22 heavy (non-hydrogen) atoms. The standard InChI is InChI=1S/C17H12ClFN2S/c18-14-7-4-8-15(19)13(14)11-22-17-10-9-16(20-21-17)12-5-2-1-3-6-12/h1-10H,11H2. The van der Waals surface area contributed by atoms with Crippen molar-refractivity contribution in [1.82, 2.24) is 10.2 Å². The number of rotatable bonds is 4. The maximum absolute atomic E-state index is 13.7. The summed E-state index contributed by atoms with van der Waals surface area (Å²) in [4.78, 5) is 0. The van der Waals surface area contributed by atoms with Gasteiger partial charge in [0.05, 0.1) is 5.69 Å². The molecule has 0 unspecified atom stereocenters. The third-order valence-corrected chi connectivity index (χ3v) is 4.44. The molecule has 0 aliphatic heterocycles. The van der Waals surface area contributed by atoms with E-state index in [0.717, 1.165) is 16.3 Å². The van der Waals surface area contributed by atoms with Crippen molar-refractivity contribution in [3.8, 4) is 11.3 Å². The average Bonchev–Trinajstić information content (AvgIpc) is 2.56. The number of hydrogen-bond donors (Lipinski definition) is 0. The van der Waals surface area contributed by atoms with E-state index in [9.17, 15) is 4.39 Å². The minimum atomic E-state index is -0.297. The molecule has 0 spiro atoms. The SMILES string of the molecule is Fc1cccc(Cl)c1CSc1ccc(-c2ccccc2)nn1. The fourth-order valence-corrected chi connectivity index (χ4v) is 3.13.